The molecule has 5 heteroatoms. The van der Waals surface area contributed by atoms with Crippen LogP contribution in [0.3, 0.4) is 0 Å². The first-order valence-corrected chi connectivity index (χ1v) is 6.86. The highest BCUT2D eigenvalue weighted by atomic mass is 16.2. The molecule has 1 aliphatic carbocycles. The van der Waals surface area contributed by atoms with E-state index in [2.05, 4.69) is 11.2 Å². The molecule has 0 radical (unpaired) electrons. The van der Waals surface area contributed by atoms with Gasteiger partial charge in [-0.15, -0.1) is 0 Å². The number of hydrogen-bond donors (Lipinski definition) is 0. The number of carbonyl (C=O) groups is 1. The van der Waals surface area contributed by atoms with E-state index in [1.807, 2.05) is 25.5 Å². The summed E-state index contributed by atoms with van der Waals surface area (Å²) in [4.78, 5) is 14.2. The molecule has 1 heterocycles. The third-order valence-electron chi connectivity index (χ3n) is 3.95. The molecular weight excluding hydrogens is 264 g/mol. The highest BCUT2D eigenvalue weighted by Gasteiger charge is 2.46. The number of aryl methyl sites for hydroxylation is 1. The number of aromatic nitrogens is 2. The van der Waals surface area contributed by atoms with Crippen LogP contribution in [0.5, 0.6) is 0 Å². The molecule has 1 aromatic carbocycles. The Hall–Kier alpha value is -2.61. The molecule has 1 amide bonds. The second kappa shape index (κ2) is 5.06. The van der Waals surface area contributed by atoms with Crippen molar-refractivity contribution in [3.63, 3.8) is 0 Å². The molecule has 0 spiro atoms. The molecule has 1 aliphatic rings. The van der Waals surface area contributed by atoms with E-state index in [4.69, 9.17) is 5.26 Å². The first-order chi connectivity index (χ1) is 10.1. The van der Waals surface area contributed by atoms with E-state index in [0.717, 1.165) is 17.7 Å². The molecule has 106 valence electrons. The Morgan fingerprint density at radius 3 is 3.00 bits per heavy atom. The normalized spacial score (nSPS) is 19.9. The molecular formula is C16H16N4O. The first-order valence-electron chi connectivity index (χ1n) is 6.86. The van der Waals surface area contributed by atoms with Gasteiger partial charge in [-0.1, -0.05) is 6.07 Å². The third-order valence-corrected chi connectivity index (χ3v) is 3.95. The Kier molecular flexibility index (Phi) is 3.22. The van der Waals surface area contributed by atoms with Crippen LogP contribution in [-0.2, 0) is 11.8 Å². The number of rotatable bonds is 3. The van der Waals surface area contributed by atoms with Gasteiger partial charge < -0.3 is 4.90 Å². The molecule has 0 saturated heterocycles. The summed E-state index contributed by atoms with van der Waals surface area (Å²) in [6, 6.07) is 9.21. The van der Waals surface area contributed by atoms with E-state index in [9.17, 15) is 4.79 Å². The van der Waals surface area contributed by atoms with Crippen LogP contribution < -0.4 is 4.90 Å². The molecule has 0 aliphatic heterocycles. The Labute approximate surface area is 123 Å². The fourth-order valence-electron chi connectivity index (χ4n) is 2.63. The van der Waals surface area contributed by atoms with Gasteiger partial charge in [0.25, 0.3) is 0 Å². The van der Waals surface area contributed by atoms with Crippen molar-refractivity contribution in [1.82, 2.24) is 9.78 Å². The number of hydrogen-bond acceptors (Lipinski definition) is 3. The van der Waals surface area contributed by atoms with Crippen LogP contribution in [0.2, 0.25) is 0 Å². The van der Waals surface area contributed by atoms with Gasteiger partial charge in [0.05, 0.1) is 17.8 Å². The number of benzene rings is 1. The fraction of sp³-hybridized carbons (Fsp3) is 0.312. The Morgan fingerprint density at radius 2 is 2.33 bits per heavy atom. The minimum absolute atomic E-state index is 0.0185. The Morgan fingerprint density at radius 1 is 1.52 bits per heavy atom. The van der Waals surface area contributed by atoms with Crippen molar-refractivity contribution in [3.8, 4) is 6.07 Å². The van der Waals surface area contributed by atoms with Crippen molar-refractivity contribution < 1.29 is 4.79 Å². The van der Waals surface area contributed by atoms with E-state index < -0.39 is 0 Å². The van der Waals surface area contributed by atoms with Crippen molar-refractivity contribution in [2.75, 3.05) is 11.9 Å². The summed E-state index contributed by atoms with van der Waals surface area (Å²) in [6.45, 7) is 0. The van der Waals surface area contributed by atoms with Crippen molar-refractivity contribution in [2.45, 2.75) is 12.3 Å². The van der Waals surface area contributed by atoms with Gasteiger partial charge >= 0.3 is 0 Å². The smallest absolute Gasteiger partial charge is 0.230 e. The molecule has 0 N–H and O–H groups in total. The van der Waals surface area contributed by atoms with Gasteiger partial charge in [-0.3, -0.25) is 9.48 Å². The Balaban J connectivity index is 1.73. The topological polar surface area (TPSA) is 61.9 Å². The van der Waals surface area contributed by atoms with Gasteiger partial charge in [-0.05, 0) is 36.1 Å². The van der Waals surface area contributed by atoms with Crippen molar-refractivity contribution >= 4 is 11.6 Å². The molecule has 1 fully saturated rings. The summed E-state index contributed by atoms with van der Waals surface area (Å²) in [7, 11) is 3.64. The zero-order valence-electron chi connectivity index (χ0n) is 12.0. The summed E-state index contributed by atoms with van der Waals surface area (Å²) in [6.07, 6.45) is 4.66. The molecule has 1 saturated carbocycles. The quantitative estimate of drug-likeness (QED) is 0.864. The number of carbonyl (C=O) groups excluding carboxylic acids is 1. The maximum atomic E-state index is 12.5. The molecule has 21 heavy (non-hydrogen) atoms. The fourth-order valence-corrected chi connectivity index (χ4v) is 2.63. The molecule has 0 unspecified atom stereocenters. The number of nitrogens with zero attached hydrogens (tertiary/aromatic N) is 4. The van der Waals surface area contributed by atoms with Crippen LogP contribution in [0, 0.1) is 17.2 Å². The molecule has 2 aromatic rings. The second-order valence-electron chi connectivity index (χ2n) is 5.46. The Bertz CT molecular complexity index is 728. The number of anilines is 1. The average molecular weight is 280 g/mol. The van der Waals surface area contributed by atoms with Crippen molar-refractivity contribution in [1.29, 1.82) is 5.26 Å². The van der Waals surface area contributed by atoms with Gasteiger partial charge in [-0.2, -0.15) is 10.4 Å². The summed E-state index contributed by atoms with van der Waals surface area (Å²) in [5.74, 6) is 0.386. The van der Waals surface area contributed by atoms with Crippen LogP contribution in [0.25, 0.3) is 0 Å². The largest absolute Gasteiger partial charge is 0.315 e. The van der Waals surface area contributed by atoms with E-state index in [0.29, 0.717) is 5.56 Å². The highest BCUT2D eigenvalue weighted by Crippen LogP contribution is 2.48. The van der Waals surface area contributed by atoms with Crippen LogP contribution in [0.15, 0.2) is 36.7 Å². The third kappa shape index (κ3) is 2.52. The molecule has 1 aromatic heterocycles. The zero-order chi connectivity index (χ0) is 15.0. The predicted molar refractivity (Wildman–Crippen MR) is 78.6 cm³/mol. The van der Waals surface area contributed by atoms with E-state index in [-0.39, 0.29) is 17.7 Å². The molecule has 3 rings (SSSR count). The highest BCUT2D eigenvalue weighted by molar-refractivity contribution is 5.97. The minimum atomic E-state index is 0.0185. The predicted octanol–water partition coefficient (Wildman–Crippen LogP) is 2.06. The second-order valence-corrected chi connectivity index (χ2v) is 5.46. The van der Waals surface area contributed by atoms with Crippen molar-refractivity contribution in [3.05, 3.63) is 47.8 Å². The monoisotopic (exact) mass is 280 g/mol. The summed E-state index contributed by atoms with van der Waals surface area (Å²) < 4.78 is 1.76. The van der Waals surface area contributed by atoms with Crippen LogP contribution in [0.4, 0.5) is 5.69 Å². The van der Waals surface area contributed by atoms with Gasteiger partial charge in [0, 0.05) is 31.9 Å². The lowest BCUT2D eigenvalue weighted by Gasteiger charge is -2.17. The maximum absolute atomic E-state index is 12.5. The molecule has 2 atom stereocenters. The van der Waals surface area contributed by atoms with E-state index >= 15 is 0 Å². The van der Waals surface area contributed by atoms with Crippen LogP contribution in [0.1, 0.15) is 23.5 Å². The summed E-state index contributed by atoms with van der Waals surface area (Å²) in [5, 5.41) is 13.1. The lowest BCUT2D eigenvalue weighted by Crippen LogP contribution is -2.28. The SMILES string of the molecule is CN(C(=O)[C@@H]1C[C@@H]1c1cnn(C)c1)c1cccc(C#N)c1. The molecule has 0 bridgehead atoms. The number of amides is 1. The molecule has 5 nitrogen and oxygen atoms in total. The van der Waals surface area contributed by atoms with E-state index in [1.54, 1.807) is 34.8 Å². The summed E-state index contributed by atoms with van der Waals surface area (Å²) >= 11 is 0. The van der Waals surface area contributed by atoms with Crippen molar-refractivity contribution in [2.24, 2.45) is 13.0 Å². The minimum Gasteiger partial charge on any atom is -0.315 e. The maximum Gasteiger partial charge on any atom is 0.230 e. The first kappa shape index (κ1) is 13.4. The van der Waals surface area contributed by atoms with Crippen LogP contribution in [-0.4, -0.2) is 22.7 Å². The standard InChI is InChI=1S/C16H16N4O/c1-19-10-12(9-18-19)14-7-15(14)16(21)20(2)13-5-3-4-11(6-13)8-17/h3-6,9-10,14-15H,7H2,1-2H3/t14-,15-/m1/s1. The number of nitriles is 1. The van der Waals surface area contributed by atoms with Gasteiger partial charge in [0.2, 0.25) is 5.91 Å². The lowest BCUT2D eigenvalue weighted by molar-refractivity contribution is -0.119. The average Bonchev–Trinajstić information content (AvgIpc) is 3.20. The van der Waals surface area contributed by atoms with Gasteiger partial charge in [-0.25, -0.2) is 0 Å². The van der Waals surface area contributed by atoms with Gasteiger partial charge in [0.15, 0.2) is 0 Å². The zero-order valence-corrected chi connectivity index (χ0v) is 12.0. The lowest BCUT2D eigenvalue weighted by atomic mass is 10.1. The summed E-state index contributed by atoms with van der Waals surface area (Å²) in [5.41, 5.74) is 2.44. The van der Waals surface area contributed by atoms with E-state index in [1.165, 1.54) is 0 Å². The van der Waals surface area contributed by atoms with Gasteiger partial charge in [0.1, 0.15) is 0 Å². The van der Waals surface area contributed by atoms with Crippen LogP contribution >= 0.6 is 0 Å².